The number of carboxylic acid groups (broad SMARTS) is 1. The molecule has 0 aliphatic carbocycles. The van der Waals surface area contributed by atoms with Gasteiger partial charge in [-0.05, 0) is 41.8 Å². The van der Waals surface area contributed by atoms with Crippen molar-refractivity contribution in [1.29, 1.82) is 0 Å². The topological polar surface area (TPSA) is 101 Å². The number of benzene rings is 3. The van der Waals surface area contributed by atoms with Crippen LogP contribution in [-0.2, 0) is 10.3 Å². The fraction of sp³-hybridized carbons (Fsp3) is 0.0909. The molecule has 0 saturated heterocycles. The SMILES string of the molecule is Cc1ccc(-c2cccc(C(C=S(=O)=O)Oc3ccc(C(=O)O)c(O)c3)c2)cc1. The Balaban J connectivity index is 1.97. The maximum absolute atomic E-state index is 11.3. The summed E-state index contributed by atoms with van der Waals surface area (Å²) in [4.78, 5) is 11.0. The Hall–Kier alpha value is -3.58. The Kier molecular flexibility index (Phi) is 5.99. The number of aryl methyl sites for hydroxylation is 1. The highest BCUT2D eigenvalue weighted by Crippen LogP contribution is 2.29. The molecule has 0 fully saturated rings. The van der Waals surface area contributed by atoms with Gasteiger partial charge in [0.15, 0.2) is 6.10 Å². The van der Waals surface area contributed by atoms with Crippen LogP contribution in [0.5, 0.6) is 11.5 Å². The van der Waals surface area contributed by atoms with Gasteiger partial charge in [0.25, 0.3) is 0 Å². The average molecular weight is 410 g/mol. The molecule has 0 aliphatic heterocycles. The molecule has 0 radical (unpaired) electrons. The second kappa shape index (κ2) is 8.62. The van der Waals surface area contributed by atoms with Crippen LogP contribution >= 0.6 is 0 Å². The van der Waals surface area contributed by atoms with E-state index in [1.165, 1.54) is 12.1 Å². The average Bonchev–Trinajstić information content (AvgIpc) is 2.67. The molecule has 0 bridgehead atoms. The van der Waals surface area contributed by atoms with Crippen molar-refractivity contribution >= 4 is 21.6 Å². The molecule has 0 aliphatic rings. The minimum atomic E-state index is -2.50. The van der Waals surface area contributed by atoms with Crippen molar-refractivity contribution in [2.45, 2.75) is 13.0 Å². The summed E-state index contributed by atoms with van der Waals surface area (Å²) in [5, 5.41) is 19.8. The number of rotatable bonds is 6. The van der Waals surface area contributed by atoms with E-state index in [2.05, 4.69) is 0 Å². The van der Waals surface area contributed by atoms with Crippen LogP contribution in [0.2, 0.25) is 0 Å². The van der Waals surface area contributed by atoms with Crippen molar-refractivity contribution in [1.82, 2.24) is 0 Å². The fourth-order valence-electron chi connectivity index (χ4n) is 2.83. The number of phenols is 1. The first-order valence-corrected chi connectivity index (χ1v) is 9.80. The molecule has 3 aromatic rings. The lowest BCUT2D eigenvalue weighted by molar-refractivity contribution is 0.0693. The quantitative estimate of drug-likeness (QED) is 0.599. The summed E-state index contributed by atoms with van der Waals surface area (Å²) in [6.45, 7) is 1.99. The molecule has 3 aromatic carbocycles. The zero-order valence-corrected chi connectivity index (χ0v) is 16.3. The fourth-order valence-corrected chi connectivity index (χ4v) is 3.24. The summed E-state index contributed by atoms with van der Waals surface area (Å²) in [6.07, 6.45) is -0.950. The van der Waals surface area contributed by atoms with Crippen molar-refractivity contribution < 1.29 is 28.2 Å². The molecule has 148 valence electrons. The molecule has 0 heterocycles. The Morgan fingerprint density at radius 3 is 2.34 bits per heavy atom. The third-order valence-corrected chi connectivity index (χ3v) is 4.77. The molecule has 0 saturated carbocycles. The van der Waals surface area contributed by atoms with Crippen LogP contribution in [-0.4, -0.2) is 30.0 Å². The van der Waals surface area contributed by atoms with Crippen LogP contribution in [0.3, 0.4) is 0 Å². The maximum atomic E-state index is 11.3. The molecular formula is C22H18O6S. The summed E-state index contributed by atoms with van der Waals surface area (Å²) in [6, 6.07) is 18.9. The monoisotopic (exact) mass is 410 g/mol. The summed E-state index contributed by atoms with van der Waals surface area (Å²) in [7, 11) is -2.50. The lowest BCUT2D eigenvalue weighted by Gasteiger charge is -2.16. The molecule has 2 N–H and O–H groups in total. The van der Waals surface area contributed by atoms with Gasteiger partial charge < -0.3 is 14.9 Å². The van der Waals surface area contributed by atoms with Crippen LogP contribution in [0.4, 0.5) is 0 Å². The first-order valence-electron chi connectivity index (χ1n) is 8.66. The molecule has 1 atom stereocenters. The number of ether oxygens (including phenoxy) is 1. The standard InChI is InChI=1S/C22H18O6S/c1-14-5-7-15(8-6-14)16-3-2-4-17(11-16)21(13-29(26)27)28-18-9-10-19(22(24)25)20(23)12-18/h2-13,21,23H,1H3,(H,24,25). The van der Waals surface area contributed by atoms with Crippen molar-refractivity contribution in [2.75, 3.05) is 0 Å². The Labute approximate surface area is 169 Å². The van der Waals surface area contributed by atoms with E-state index in [-0.39, 0.29) is 11.3 Å². The van der Waals surface area contributed by atoms with Gasteiger partial charge in [0, 0.05) is 6.07 Å². The van der Waals surface area contributed by atoms with Crippen LogP contribution in [0.25, 0.3) is 11.1 Å². The van der Waals surface area contributed by atoms with Crippen LogP contribution in [0, 0.1) is 6.92 Å². The first-order chi connectivity index (χ1) is 13.8. The van der Waals surface area contributed by atoms with E-state index in [4.69, 9.17) is 9.84 Å². The van der Waals surface area contributed by atoms with Crippen LogP contribution in [0.1, 0.15) is 27.6 Å². The van der Waals surface area contributed by atoms with Crippen LogP contribution < -0.4 is 4.74 Å². The van der Waals surface area contributed by atoms with E-state index in [1.54, 1.807) is 12.1 Å². The predicted molar refractivity (Wildman–Crippen MR) is 110 cm³/mol. The van der Waals surface area contributed by atoms with Gasteiger partial charge in [0.2, 0.25) is 10.3 Å². The first kappa shape index (κ1) is 20.2. The van der Waals surface area contributed by atoms with Crippen molar-refractivity contribution in [2.24, 2.45) is 0 Å². The highest BCUT2D eigenvalue weighted by Gasteiger charge is 2.16. The molecule has 29 heavy (non-hydrogen) atoms. The summed E-state index contributed by atoms with van der Waals surface area (Å²) in [5.74, 6) is -1.60. The second-order valence-corrected chi connectivity index (χ2v) is 7.20. The number of hydrogen-bond acceptors (Lipinski definition) is 5. The number of aromatic carboxylic acids is 1. The van der Waals surface area contributed by atoms with E-state index in [0.29, 0.717) is 5.56 Å². The van der Waals surface area contributed by atoms with Gasteiger partial charge in [-0.3, -0.25) is 0 Å². The van der Waals surface area contributed by atoms with Crippen LogP contribution in [0.15, 0.2) is 66.7 Å². The normalized spacial score (nSPS) is 11.5. The Morgan fingerprint density at radius 2 is 1.72 bits per heavy atom. The highest BCUT2D eigenvalue weighted by molar-refractivity contribution is 7.71. The summed E-state index contributed by atoms with van der Waals surface area (Å²) in [5.41, 5.74) is 3.32. The van der Waals surface area contributed by atoms with Gasteiger partial charge >= 0.3 is 5.97 Å². The molecule has 3 rings (SSSR count). The minimum absolute atomic E-state index is 0.139. The second-order valence-electron chi connectivity index (χ2n) is 6.41. The smallest absolute Gasteiger partial charge is 0.339 e. The summed E-state index contributed by atoms with van der Waals surface area (Å²) >= 11 is 0. The lowest BCUT2D eigenvalue weighted by Crippen LogP contribution is -2.10. The van der Waals surface area contributed by atoms with Gasteiger partial charge in [-0.15, -0.1) is 0 Å². The third kappa shape index (κ3) is 5.03. The molecule has 6 nitrogen and oxygen atoms in total. The predicted octanol–water partition coefficient (Wildman–Crippen LogP) is 3.87. The van der Waals surface area contributed by atoms with Crippen molar-refractivity contribution in [3.63, 3.8) is 0 Å². The zero-order chi connectivity index (χ0) is 21.0. The van der Waals surface area contributed by atoms with E-state index >= 15 is 0 Å². The highest BCUT2D eigenvalue weighted by atomic mass is 32.2. The number of aromatic hydroxyl groups is 1. The number of carboxylic acids is 1. The Bertz CT molecular complexity index is 1170. The van der Waals surface area contributed by atoms with Crippen molar-refractivity contribution in [3.8, 4) is 22.6 Å². The molecule has 1 unspecified atom stereocenters. The summed E-state index contributed by atoms with van der Waals surface area (Å²) < 4.78 is 28.4. The van der Waals surface area contributed by atoms with Gasteiger partial charge in [-0.2, -0.15) is 8.42 Å². The van der Waals surface area contributed by atoms with E-state index < -0.39 is 28.1 Å². The van der Waals surface area contributed by atoms with Gasteiger partial charge in [0.1, 0.15) is 17.1 Å². The Morgan fingerprint density at radius 1 is 1.00 bits per heavy atom. The molecule has 7 heteroatoms. The van der Waals surface area contributed by atoms with E-state index in [0.717, 1.165) is 28.1 Å². The minimum Gasteiger partial charge on any atom is -0.507 e. The van der Waals surface area contributed by atoms with Gasteiger partial charge in [0.05, 0.1) is 5.37 Å². The molecule has 0 spiro atoms. The number of hydrogen-bond donors (Lipinski definition) is 2. The van der Waals surface area contributed by atoms with E-state index in [1.807, 2.05) is 43.3 Å². The van der Waals surface area contributed by atoms with E-state index in [9.17, 15) is 18.3 Å². The largest absolute Gasteiger partial charge is 0.507 e. The van der Waals surface area contributed by atoms with Crippen molar-refractivity contribution in [3.05, 3.63) is 83.4 Å². The molecule has 0 aromatic heterocycles. The zero-order valence-electron chi connectivity index (χ0n) is 15.4. The molecule has 0 amide bonds. The lowest BCUT2D eigenvalue weighted by atomic mass is 10.0. The maximum Gasteiger partial charge on any atom is 0.339 e. The third-order valence-electron chi connectivity index (χ3n) is 4.30. The number of carbonyl (C=O) groups is 1. The van der Waals surface area contributed by atoms with Gasteiger partial charge in [-0.25, -0.2) is 4.79 Å². The molecular weight excluding hydrogens is 392 g/mol. The van der Waals surface area contributed by atoms with Gasteiger partial charge in [-0.1, -0.05) is 48.0 Å².